The molecule has 1 fully saturated rings. The lowest BCUT2D eigenvalue weighted by atomic mass is 10.2. The molecule has 0 aliphatic carbocycles. The summed E-state index contributed by atoms with van der Waals surface area (Å²) in [5.74, 6) is 1.93. The van der Waals surface area contributed by atoms with E-state index in [0.29, 0.717) is 24.7 Å². The smallest absolute Gasteiger partial charge is 0.249 e. The first-order chi connectivity index (χ1) is 10.6. The van der Waals surface area contributed by atoms with Gasteiger partial charge in [0.1, 0.15) is 6.04 Å². The van der Waals surface area contributed by atoms with Crippen molar-refractivity contribution in [3.05, 3.63) is 36.0 Å². The molecule has 0 amide bonds. The van der Waals surface area contributed by atoms with Gasteiger partial charge in [-0.05, 0) is 19.1 Å². The first kappa shape index (κ1) is 13.3. The first-order valence-electron chi connectivity index (χ1n) is 7.30. The second-order valence-electron chi connectivity index (χ2n) is 5.70. The van der Waals surface area contributed by atoms with Crippen molar-refractivity contribution in [3.8, 4) is 0 Å². The number of aryl methyl sites for hydroxylation is 2. The molecule has 1 saturated heterocycles. The van der Waals surface area contributed by atoms with Crippen molar-refractivity contribution in [2.75, 3.05) is 11.4 Å². The number of β-amino-alcohol motifs (C(OH)–C–C–N with tert-alkyl or cyclic N) is 1. The number of aliphatic hydroxyl groups excluding tert-OH is 1. The van der Waals surface area contributed by atoms with Crippen LogP contribution in [-0.2, 0) is 7.05 Å². The van der Waals surface area contributed by atoms with Gasteiger partial charge in [0.2, 0.25) is 11.8 Å². The number of aliphatic hydroxyl groups is 1. The Labute approximate surface area is 127 Å². The van der Waals surface area contributed by atoms with Crippen LogP contribution in [0.15, 0.2) is 28.8 Å². The zero-order valence-electron chi connectivity index (χ0n) is 12.5. The highest BCUT2D eigenvalue weighted by molar-refractivity contribution is 5.78. The molecule has 3 heterocycles. The molecular formula is C15H17N5O2. The molecule has 3 aromatic rings. The molecule has 0 saturated carbocycles. The van der Waals surface area contributed by atoms with Crippen molar-refractivity contribution >= 4 is 17.0 Å². The van der Waals surface area contributed by atoms with Gasteiger partial charge in [-0.3, -0.25) is 0 Å². The van der Waals surface area contributed by atoms with E-state index in [2.05, 4.69) is 10.1 Å². The Balaban J connectivity index is 1.79. The molecule has 1 N–H and O–H groups in total. The van der Waals surface area contributed by atoms with E-state index in [0.717, 1.165) is 17.0 Å². The monoisotopic (exact) mass is 299 g/mol. The molecule has 2 atom stereocenters. The van der Waals surface area contributed by atoms with Crippen LogP contribution in [0.4, 0.5) is 5.95 Å². The van der Waals surface area contributed by atoms with Crippen LogP contribution >= 0.6 is 0 Å². The van der Waals surface area contributed by atoms with E-state index < -0.39 is 6.10 Å². The zero-order valence-corrected chi connectivity index (χ0v) is 12.5. The number of aromatic nitrogens is 4. The Morgan fingerprint density at radius 3 is 2.82 bits per heavy atom. The van der Waals surface area contributed by atoms with E-state index >= 15 is 0 Å². The maximum Gasteiger partial charge on any atom is 0.249 e. The predicted molar refractivity (Wildman–Crippen MR) is 80.5 cm³/mol. The van der Waals surface area contributed by atoms with Gasteiger partial charge in [-0.2, -0.15) is 4.98 Å². The topological polar surface area (TPSA) is 80.2 Å². The maximum absolute atomic E-state index is 10.1. The van der Waals surface area contributed by atoms with E-state index in [1.54, 1.807) is 6.92 Å². The average molecular weight is 299 g/mol. The van der Waals surface area contributed by atoms with Gasteiger partial charge in [0.15, 0.2) is 5.82 Å². The lowest BCUT2D eigenvalue weighted by molar-refractivity contribution is 0.191. The van der Waals surface area contributed by atoms with Crippen LogP contribution in [0.25, 0.3) is 11.0 Å². The van der Waals surface area contributed by atoms with Crippen LogP contribution in [0.2, 0.25) is 0 Å². The highest BCUT2D eigenvalue weighted by Gasteiger charge is 2.38. The first-order valence-corrected chi connectivity index (χ1v) is 7.30. The second-order valence-corrected chi connectivity index (χ2v) is 5.70. The Morgan fingerprint density at radius 1 is 1.27 bits per heavy atom. The summed E-state index contributed by atoms with van der Waals surface area (Å²) in [6.45, 7) is 2.29. The van der Waals surface area contributed by atoms with Gasteiger partial charge in [-0.15, -0.1) is 0 Å². The molecule has 2 aromatic heterocycles. The number of hydrogen-bond acceptors (Lipinski definition) is 6. The molecule has 7 heteroatoms. The molecule has 0 radical (unpaired) electrons. The Bertz CT molecular complexity index is 824. The minimum absolute atomic E-state index is 0.147. The summed E-state index contributed by atoms with van der Waals surface area (Å²) in [4.78, 5) is 11.1. The number of benzene rings is 1. The fourth-order valence-corrected chi connectivity index (χ4v) is 3.11. The minimum atomic E-state index is -0.433. The van der Waals surface area contributed by atoms with Gasteiger partial charge >= 0.3 is 0 Å². The standard InChI is InChI=1S/C15H17N5O2/c1-9-16-14(22-18-9)13-7-10(21)8-20(13)15-17-11-5-3-4-6-12(11)19(15)2/h3-6,10,13,21H,7-8H2,1-2H3/t10-,13-/m1/s1. The van der Waals surface area contributed by atoms with Crippen LogP contribution in [0.1, 0.15) is 24.2 Å². The van der Waals surface area contributed by atoms with Crippen molar-refractivity contribution in [1.29, 1.82) is 0 Å². The van der Waals surface area contributed by atoms with Crippen molar-refractivity contribution in [2.24, 2.45) is 7.05 Å². The number of fused-ring (bicyclic) bond motifs is 1. The molecule has 1 aliphatic rings. The van der Waals surface area contributed by atoms with Gasteiger partial charge in [0, 0.05) is 20.0 Å². The quantitative estimate of drug-likeness (QED) is 0.774. The number of anilines is 1. The van der Waals surface area contributed by atoms with Gasteiger partial charge in [-0.1, -0.05) is 17.3 Å². The highest BCUT2D eigenvalue weighted by atomic mass is 16.5. The third-order valence-electron chi connectivity index (χ3n) is 4.13. The van der Waals surface area contributed by atoms with Gasteiger partial charge < -0.3 is 19.1 Å². The Morgan fingerprint density at radius 2 is 2.09 bits per heavy atom. The molecule has 0 bridgehead atoms. The van der Waals surface area contributed by atoms with E-state index in [-0.39, 0.29) is 6.04 Å². The largest absolute Gasteiger partial charge is 0.391 e. The third-order valence-corrected chi connectivity index (χ3v) is 4.13. The molecule has 22 heavy (non-hydrogen) atoms. The number of rotatable bonds is 2. The number of nitrogens with zero attached hydrogens (tertiary/aromatic N) is 5. The zero-order chi connectivity index (χ0) is 15.3. The molecule has 0 unspecified atom stereocenters. The Kier molecular flexibility index (Phi) is 2.90. The summed E-state index contributed by atoms with van der Waals surface area (Å²) in [5.41, 5.74) is 1.99. The van der Waals surface area contributed by atoms with Gasteiger partial charge in [0.05, 0.1) is 17.1 Å². The van der Waals surface area contributed by atoms with E-state index in [4.69, 9.17) is 9.51 Å². The fraction of sp³-hybridized carbons (Fsp3) is 0.400. The van der Waals surface area contributed by atoms with E-state index in [1.807, 2.05) is 40.8 Å². The van der Waals surface area contributed by atoms with E-state index in [9.17, 15) is 5.11 Å². The average Bonchev–Trinajstić information content (AvgIpc) is 3.17. The van der Waals surface area contributed by atoms with Gasteiger partial charge in [-0.25, -0.2) is 4.98 Å². The summed E-state index contributed by atoms with van der Waals surface area (Å²) < 4.78 is 7.34. The Hall–Kier alpha value is -2.41. The molecule has 0 spiro atoms. The molecule has 114 valence electrons. The number of para-hydroxylation sites is 2. The summed E-state index contributed by atoms with van der Waals surface area (Å²) in [6, 6.07) is 7.83. The summed E-state index contributed by atoms with van der Waals surface area (Å²) in [7, 11) is 1.98. The minimum Gasteiger partial charge on any atom is -0.391 e. The third kappa shape index (κ3) is 1.97. The molecule has 1 aliphatic heterocycles. The van der Waals surface area contributed by atoms with E-state index in [1.165, 1.54) is 0 Å². The van der Waals surface area contributed by atoms with Crippen LogP contribution < -0.4 is 4.90 Å². The normalized spacial score (nSPS) is 21.9. The molecular weight excluding hydrogens is 282 g/mol. The second kappa shape index (κ2) is 4.81. The molecule has 1 aromatic carbocycles. The van der Waals surface area contributed by atoms with Crippen LogP contribution in [0.5, 0.6) is 0 Å². The maximum atomic E-state index is 10.1. The van der Waals surface area contributed by atoms with Crippen molar-refractivity contribution < 1.29 is 9.63 Å². The lowest BCUT2D eigenvalue weighted by Crippen LogP contribution is -2.27. The highest BCUT2D eigenvalue weighted by Crippen LogP contribution is 2.36. The van der Waals surface area contributed by atoms with Crippen LogP contribution in [0, 0.1) is 6.92 Å². The molecule has 7 nitrogen and oxygen atoms in total. The summed E-state index contributed by atoms with van der Waals surface area (Å²) >= 11 is 0. The molecule has 4 rings (SSSR count). The van der Waals surface area contributed by atoms with Crippen LogP contribution in [-0.4, -0.2) is 37.4 Å². The van der Waals surface area contributed by atoms with Crippen molar-refractivity contribution in [1.82, 2.24) is 19.7 Å². The number of imidazole rings is 1. The van der Waals surface area contributed by atoms with Crippen LogP contribution in [0.3, 0.4) is 0 Å². The summed E-state index contributed by atoms with van der Waals surface area (Å²) in [6.07, 6.45) is 0.127. The fourth-order valence-electron chi connectivity index (χ4n) is 3.11. The van der Waals surface area contributed by atoms with Gasteiger partial charge in [0.25, 0.3) is 0 Å². The SMILES string of the molecule is Cc1noc([C@H]2C[C@@H](O)CN2c2nc3ccccc3n2C)n1. The lowest BCUT2D eigenvalue weighted by Gasteiger charge is -2.22. The van der Waals surface area contributed by atoms with Crippen molar-refractivity contribution in [3.63, 3.8) is 0 Å². The predicted octanol–water partition coefficient (Wildman–Crippen LogP) is 1.58. The summed E-state index contributed by atoms with van der Waals surface area (Å²) in [5, 5.41) is 14.0. The number of hydrogen-bond donors (Lipinski definition) is 1. The van der Waals surface area contributed by atoms with Crippen molar-refractivity contribution in [2.45, 2.75) is 25.5 Å².